The van der Waals surface area contributed by atoms with Crippen molar-refractivity contribution in [3.8, 4) is 0 Å². The molecule has 0 unspecified atom stereocenters. The number of nitrogens with one attached hydrogen (secondary N) is 1. The Bertz CT molecular complexity index is 437. The smallest absolute Gasteiger partial charge is 0.139 e. The lowest BCUT2D eigenvalue weighted by Crippen LogP contribution is -2.28. The van der Waals surface area contributed by atoms with Gasteiger partial charge in [-0.2, -0.15) is 0 Å². The van der Waals surface area contributed by atoms with E-state index in [-0.39, 0.29) is 5.82 Å². The van der Waals surface area contributed by atoms with Gasteiger partial charge in [0, 0.05) is 11.7 Å². The molecule has 106 valence electrons. The van der Waals surface area contributed by atoms with Crippen LogP contribution < -0.4 is 5.32 Å². The van der Waals surface area contributed by atoms with Gasteiger partial charge in [0.25, 0.3) is 0 Å². The zero-order valence-electron chi connectivity index (χ0n) is 12.0. The molecule has 0 bridgehead atoms. The van der Waals surface area contributed by atoms with Gasteiger partial charge in [-0.25, -0.2) is 4.39 Å². The Morgan fingerprint density at radius 1 is 1.21 bits per heavy atom. The Balaban J connectivity index is 1.98. The average molecular weight is 328 g/mol. The minimum absolute atomic E-state index is 0.191. The van der Waals surface area contributed by atoms with Gasteiger partial charge in [-0.05, 0) is 78.1 Å². The molecule has 2 rings (SSSR count). The van der Waals surface area contributed by atoms with E-state index in [2.05, 4.69) is 35.1 Å². The first-order valence-electron chi connectivity index (χ1n) is 7.19. The van der Waals surface area contributed by atoms with E-state index in [1.807, 2.05) is 13.0 Å². The van der Waals surface area contributed by atoms with Crippen molar-refractivity contribution in [2.24, 2.45) is 11.8 Å². The van der Waals surface area contributed by atoms with Gasteiger partial charge >= 0.3 is 0 Å². The fraction of sp³-hybridized carbons (Fsp3) is 0.625. The predicted octanol–water partition coefficient (Wildman–Crippen LogP) is 5.52. The summed E-state index contributed by atoms with van der Waals surface area (Å²) in [6.07, 6.45) is 4.96. The summed E-state index contributed by atoms with van der Waals surface area (Å²) in [5.74, 6) is 1.46. The van der Waals surface area contributed by atoms with Crippen molar-refractivity contribution >= 4 is 21.6 Å². The van der Waals surface area contributed by atoms with E-state index in [0.717, 1.165) is 23.1 Å². The SMILES string of the molecule is Cc1cc(Br)c(F)cc1NC1CCC(C(C)C)CC1. The molecule has 0 amide bonds. The van der Waals surface area contributed by atoms with Crippen LogP contribution in [0.25, 0.3) is 0 Å². The van der Waals surface area contributed by atoms with Gasteiger partial charge in [-0.15, -0.1) is 0 Å². The summed E-state index contributed by atoms with van der Waals surface area (Å²) in [6.45, 7) is 6.64. The van der Waals surface area contributed by atoms with E-state index in [4.69, 9.17) is 0 Å². The molecule has 0 radical (unpaired) electrons. The number of aryl methyl sites for hydroxylation is 1. The van der Waals surface area contributed by atoms with Gasteiger partial charge in [0.05, 0.1) is 4.47 Å². The topological polar surface area (TPSA) is 12.0 Å². The second kappa shape index (κ2) is 6.25. The molecule has 3 heteroatoms. The van der Waals surface area contributed by atoms with E-state index in [1.165, 1.54) is 25.7 Å². The molecule has 1 nitrogen and oxygen atoms in total. The fourth-order valence-electron chi connectivity index (χ4n) is 2.95. The van der Waals surface area contributed by atoms with Crippen LogP contribution in [0.15, 0.2) is 16.6 Å². The Morgan fingerprint density at radius 2 is 1.84 bits per heavy atom. The maximum atomic E-state index is 13.6. The average Bonchev–Trinajstić information content (AvgIpc) is 2.36. The highest BCUT2D eigenvalue weighted by Crippen LogP contribution is 2.32. The summed E-state index contributed by atoms with van der Waals surface area (Å²) in [5.41, 5.74) is 2.04. The van der Waals surface area contributed by atoms with E-state index >= 15 is 0 Å². The Kier molecular flexibility index (Phi) is 4.88. The molecule has 1 aromatic rings. The summed E-state index contributed by atoms with van der Waals surface area (Å²) in [6, 6.07) is 3.94. The minimum atomic E-state index is -0.191. The normalized spacial score (nSPS) is 23.7. The van der Waals surface area contributed by atoms with Gasteiger partial charge in [-0.1, -0.05) is 13.8 Å². The maximum Gasteiger partial charge on any atom is 0.139 e. The maximum absolute atomic E-state index is 13.6. The summed E-state index contributed by atoms with van der Waals surface area (Å²) in [5, 5.41) is 3.52. The number of rotatable bonds is 3. The lowest BCUT2D eigenvalue weighted by atomic mass is 9.79. The molecular weight excluding hydrogens is 305 g/mol. The van der Waals surface area contributed by atoms with E-state index < -0.39 is 0 Å². The molecule has 0 saturated heterocycles. The van der Waals surface area contributed by atoms with E-state index in [9.17, 15) is 4.39 Å². The van der Waals surface area contributed by atoms with Crippen molar-refractivity contribution in [3.63, 3.8) is 0 Å². The minimum Gasteiger partial charge on any atom is -0.382 e. The standard InChI is InChI=1S/C16H23BrFN/c1-10(2)12-4-6-13(7-5-12)19-16-9-15(18)14(17)8-11(16)3/h8-10,12-13,19H,4-7H2,1-3H3. The second-order valence-corrected chi connectivity index (χ2v) is 6.94. The van der Waals surface area contributed by atoms with Crippen LogP contribution in [-0.4, -0.2) is 6.04 Å². The van der Waals surface area contributed by atoms with Crippen molar-refractivity contribution < 1.29 is 4.39 Å². The molecule has 1 aromatic carbocycles. The Morgan fingerprint density at radius 3 is 2.42 bits per heavy atom. The van der Waals surface area contributed by atoms with Crippen LogP contribution >= 0.6 is 15.9 Å². The van der Waals surface area contributed by atoms with E-state index in [0.29, 0.717) is 10.5 Å². The van der Waals surface area contributed by atoms with Crippen molar-refractivity contribution in [1.29, 1.82) is 0 Å². The molecule has 0 heterocycles. The van der Waals surface area contributed by atoms with Crippen molar-refractivity contribution in [2.75, 3.05) is 5.32 Å². The summed E-state index contributed by atoms with van der Waals surface area (Å²) in [4.78, 5) is 0. The highest BCUT2D eigenvalue weighted by Gasteiger charge is 2.23. The van der Waals surface area contributed by atoms with Crippen LogP contribution in [0.1, 0.15) is 45.1 Å². The summed E-state index contributed by atoms with van der Waals surface area (Å²) < 4.78 is 14.1. The zero-order valence-corrected chi connectivity index (χ0v) is 13.6. The quantitative estimate of drug-likeness (QED) is 0.770. The first-order valence-corrected chi connectivity index (χ1v) is 7.99. The monoisotopic (exact) mass is 327 g/mol. The largest absolute Gasteiger partial charge is 0.382 e. The molecule has 0 atom stereocenters. The fourth-order valence-corrected chi connectivity index (χ4v) is 3.41. The predicted molar refractivity (Wildman–Crippen MR) is 83.0 cm³/mol. The molecule has 1 saturated carbocycles. The molecule has 0 aromatic heterocycles. The van der Waals surface area contributed by atoms with Crippen molar-refractivity contribution in [1.82, 2.24) is 0 Å². The van der Waals surface area contributed by atoms with Crippen LogP contribution in [0.2, 0.25) is 0 Å². The zero-order chi connectivity index (χ0) is 14.0. The summed E-state index contributed by atoms with van der Waals surface area (Å²) in [7, 11) is 0. The van der Waals surface area contributed by atoms with Crippen molar-refractivity contribution in [3.05, 3.63) is 28.0 Å². The summed E-state index contributed by atoms with van der Waals surface area (Å²) >= 11 is 3.23. The molecule has 1 N–H and O–H groups in total. The lowest BCUT2D eigenvalue weighted by molar-refractivity contribution is 0.267. The molecular formula is C16H23BrFN. The number of anilines is 1. The number of hydrogen-bond donors (Lipinski definition) is 1. The van der Waals surface area contributed by atoms with Gasteiger partial charge < -0.3 is 5.32 Å². The molecule has 0 aliphatic heterocycles. The van der Waals surface area contributed by atoms with Gasteiger partial charge in [0.1, 0.15) is 5.82 Å². The number of hydrogen-bond acceptors (Lipinski definition) is 1. The first-order chi connectivity index (χ1) is 8.97. The highest BCUT2D eigenvalue weighted by atomic mass is 79.9. The molecule has 19 heavy (non-hydrogen) atoms. The Hall–Kier alpha value is -0.570. The third kappa shape index (κ3) is 3.71. The first kappa shape index (κ1) is 14.8. The van der Waals surface area contributed by atoms with Gasteiger partial charge in [-0.3, -0.25) is 0 Å². The second-order valence-electron chi connectivity index (χ2n) is 6.08. The number of halogens is 2. The third-order valence-electron chi connectivity index (χ3n) is 4.34. The van der Waals surface area contributed by atoms with Crippen LogP contribution in [0.4, 0.5) is 10.1 Å². The van der Waals surface area contributed by atoms with E-state index in [1.54, 1.807) is 6.07 Å². The van der Waals surface area contributed by atoms with Crippen LogP contribution in [0.3, 0.4) is 0 Å². The Labute approximate surface area is 124 Å². The van der Waals surface area contributed by atoms with Gasteiger partial charge in [0.2, 0.25) is 0 Å². The molecule has 1 fully saturated rings. The van der Waals surface area contributed by atoms with Crippen LogP contribution in [-0.2, 0) is 0 Å². The van der Waals surface area contributed by atoms with Crippen LogP contribution in [0.5, 0.6) is 0 Å². The number of benzene rings is 1. The molecule has 0 spiro atoms. The van der Waals surface area contributed by atoms with Gasteiger partial charge in [0.15, 0.2) is 0 Å². The lowest BCUT2D eigenvalue weighted by Gasteiger charge is -2.32. The highest BCUT2D eigenvalue weighted by molar-refractivity contribution is 9.10. The third-order valence-corrected chi connectivity index (χ3v) is 4.95. The molecule has 1 aliphatic rings. The van der Waals surface area contributed by atoms with Crippen LogP contribution in [0, 0.1) is 24.6 Å². The molecule has 1 aliphatic carbocycles. The van der Waals surface area contributed by atoms with Crippen molar-refractivity contribution in [2.45, 2.75) is 52.5 Å².